The van der Waals surface area contributed by atoms with Gasteiger partial charge in [-0.15, -0.1) is 0 Å². The molecule has 1 saturated heterocycles. The third kappa shape index (κ3) is 2.53. The van der Waals surface area contributed by atoms with Gasteiger partial charge >= 0.3 is 0 Å². The Labute approximate surface area is 97.9 Å². The second-order valence-corrected chi connectivity index (χ2v) is 4.59. The molecule has 1 N–H and O–H groups in total. The highest BCUT2D eigenvalue weighted by Crippen LogP contribution is 2.23. The highest BCUT2D eigenvalue weighted by molar-refractivity contribution is 5.37. The monoisotopic (exact) mass is 219 g/mol. The summed E-state index contributed by atoms with van der Waals surface area (Å²) in [6, 6.07) is 6.76. The Bertz CT molecular complexity index is 304. The molecule has 0 spiro atoms. The molecule has 1 aliphatic heterocycles. The van der Waals surface area contributed by atoms with Crippen LogP contribution in [0.5, 0.6) is 0 Å². The number of anilines is 1. The van der Waals surface area contributed by atoms with Crippen molar-refractivity contribution in [3.05, 3.63) is 24.4 Å². The second kappa shape index (κ2) is 5.30. The van der Waals surface area contributed by atoms with Gasteiger partial charge in [0.2, 0.25) is 0 Å². The van der Waals surface area contributed by atoms with Crippen LogP contribution in [0.2, 0.25) is 0 Å². The van der Waals surface area contributed by atoms with E-state index in [1.54, 1.807) is 0 Å². The van der Waals surface area contributed by atoms with E-state index in [9.17, 15) is 0 Å². The highest BCUT2D eigenvalue weighted by Gasteiger charge is 2.23. The SMILES string of the molecule is CNC(C)C1CCN(c2ccccn2)CC1. The molecule has 2 heterocycles. The van der Waals surface area contributed by atoms with Crippen molar-refractivity contribution in [1.82, 2.24) is 10.3 Å². The Kier molecular flexibility index (Phi) is 3.78. The molecule has 16 heavy (non-hydrogen) atoms. The summed E-state index contributed by atoms with van der Waals surface area (Å²) in [4.78, 5) is 6.79. The van der Waals surface area contributed by atoms with E-state index >= 15 is 0 Å². The minimum absolute atomic E-state index is 0.630. The number of pyridine rings is 1. The Morgan fingerprint density at radius 3 is 2.69 bits per heavy atom. The molecule has 3 heteroatoms. The van der Waals surface area contributed by atoms with E-state index < -0.39 is 0 Å². The summed E-state index contributed by atoms with van der Waals surface area (Å²) in [7, 11) is 2.05. The zero-order valence-corrected chi connectivity index (χ0v) is 10.2. The lowest BCUT2D eigenvalue weighted by Gasteiger charge is -2.35. The number of hydrogen-bond acceptors (Lipinski definition) is 3. The lowest BCUT2D eigenvalue weighted by Crippen LogP contribution is -2.41. The predicted molar refractivity (Wildman–Crippen MR) is 67.7 cm³/mol. The number of rotatable bonds is 3. The number of nitrogens with zero attached hydrogens (tertiary/aromatic N) is 2. The van der Waals surface area contributed by atoms with E-state index in [0.717, 1.165) is 24.8 Å². The Morgan fingerprint density at radius 2 is 2.12 bits per heavy atom. The van der Waals surface area contributed by atoms with Crippen LogP contribution in [0.25, 0.3) is 0 Å². The molecule has 0 bridgehead atoms. The summed E-state index contributed by atoms with van der Waals surface area (Å²) in [6.07, 6.45) is 4.40. The minimum atomic E-state index is 0.630. The molecule has 0 aliphatic carbocycles. The molecular weight excluding hydrogens is 198 g/mol. The van der Waals surface area contributed by atoms with E-state index in [2.05, 4.69) is 41.3 Å². The zero-order valence-electron chi connectivity index (χ0n) is 10.2. The topological polar surface area (TPSA) is 28.2 Å². The van der Waals surface area contributed by atoms with E-state index in [0.29, 0.717) is 6.04 Å². The largest absolute Gasteiger partial charge is 0.357 e. The van der Waals surface area contributed by atoms with Crippen LogP contribution in [0.4, 0.5) is 5.82 Å². The molecule has 0 aromatic carbocycles. The van der Waals surface area contributed by atoms with Crippen molar-refractivity contribution in [2.75, 3.05) is 25.0 Å². The molecule has 1 aliphatic rings. The third-order valence-corrected chi connectivity index (χ3v) is 3.68. The lowest BCUT2D eigenvalue weighted by molar-refractivity contribution is 0.323. The zero-order chi connectivity index (χ0) is 11.4. The second-order valence-electron chi connectivity index (χ2n) is 4.59. The summed E-state index contributed by atoms with van der Waals surface area (Å²) in [5, 5.41) is 3.36. The molecule has 1 aromatic rings. The van der Waals surface area contributed by atoms with Gasteiger partial charge in [0.25, 0.3) is 0 Å². The van der Waals surface area contributed by atoms with E-state index in [-0.39, 0.29) is 0 Å². The van der Waals surface area contributed by atoms with Gasteiger partial charge in [0, 0.05) is 25.3 Å². The van der Waals surface area contributed by atoms with Gasteiger partial charge in [0.15, 0.2) is 0 Å². The van der Waals surface area contributed by atoms with E-state index in [4.69, 9.17) is 0 Å². The van der Waals surface area contributed by atoms with Crippen LogP contribution in [0.1, 0.15) is 19.8 Å². The molecule has 1 unspecified atom stereocenters. The van der Waals surface area contributed by atoms with Gasteiger partial charge in [0.1, 0.15) is 5.82 Å². The van der Waals surface area contributed by atoms with Crippen LogP contribution in [0.15, 0.2) is 24.4 Å². The molecular formula is C13H21N3. The first-order valence-electron chi connectivity index (χ1n) is 6.14. The number of hydrogen-bond donors (Lipinski definition) is 1. The van der Waals surface area contributed by atoms with Gasteiger partial charge in [-0.2, -0.15) is 0 Å². The first-order valence-corrected chi connectivity index (χ1v) is 6.14. The molecule has 1 aromatic heterocycles. The van der Waals surface area contributed by atoms with Crippen LogP contribution in [0.3, 0.4) is 0 Å². The molecule has 88 valence electrons. The highest BCUT2D eigenvalue weighted by atomic mass is 15.2. The van der Waals surface area contributed by atoms with Gasteiger partial charge in [-0.3, -0.25) is 0 Å². The quantitative estimate of drug-likeness (QED) is 0.841. The van der Waals surface area contributed by atoms with Gasteiger partial charge < -0.3 is 10.2 Å². The fourth-order valence-electron chi connectivity index (χ4n) is 2.41. The van der Waals surface area contributed by atoms with E-state index in [1.165, 1.54) is 12.8 Å². The number of aromatic nitrogens is 1. The standard InChI is InChI=1S/C13H21N3/c1-11(14-2)12-6-9-16(10-7-12)13-5-3-4-8-15-13/h3-5,8,11-12,14H,6-7,9-10H2,1-2H3. The van der Waals surface area contributed by atoms with Crippen molar-refractivity contribution < 1.29 is 0 Å². The molecule has 1 atom stereocenters. The average Bonchev–Trinajstić information content (AvgIpc) is 2.39. The minimum Gasteiger partial charge on any atom is -0.357 e. The van der Waals surface area contributed by atoms with Crippen molar-refractivity contribution in [2.24, 2.45) is 5.92 Å². The van der Waals surface area contributed by atoms with Crippen molar-refractivity contribution in [1.29, 1.82) is 0 Å². The van der Waals surface area contributed by atoms with Crippen LogP contribution < -0.4 is 10.2 Å². The molecule has 0 amide bonds. The van der Waals surface area contributed by atoms with Crippen molar-refractivity contribution in [2.45, 2.75) is 25.8 Å². The number of piperidine rings is 1. The van der Waals surface area contributed by atoms with Crippen LogP contribution >= 0.6 is 0 Å². The molecule has 1 fully saturated rings. The maximum Gasteiger partial charge on any atom is 0.128 e. The first-order chi connectivity index (χ1) is 7.81. The van der Waals surface area contributed by atoms with Gasteiger partial charge in [0.05, 0.1) is 0 Å². The Hall–Kier alpha value is -1.09. The maximum absolute atomic E-state index is 4.40. The maximum atomic E-state index is 4.40. The fourth-order valence-corrected chi connectivity index (χ4v) is 2.41. The average molecular weight is 219 g/mol. The summed E-state index contributed by atoms with van der Waals surface area (Å²) in [5.41, 5.74) is 0. The number of nitrogens with one attached hydrogen (secondary N) is 1. The first kappa shape index (κ1) is 11.4. The van der Waals surface area contributed by atoms with Crippen LogP contribution in [-0.2, 0) is 0 Å². The van der Waals surface area contributed by atoms with Gasteiger partial charge in [-0.1, -0.05) is 6.07 Å². The lowest BCUT2D eigenvalue weighted by atomic mass is 9.90. The normalized spacial score (nSPS) is 19.8. The van der Waals surface area contributed by atoms with Crippen molar-refractivity contribution in [3.63, 3.8) is 0 Å². The van der Waals surface area contributed by atoms with Gasteiger partial charge in [-0.05, 0) is 44.9 Å². The third-order valence-electron chi connectivity index (χ3n) is 3.68. The molecule has 0 saturated carbocycles. The Balaban J connectivity index is 1.91. The smallest absolute Gasteiger partial charge is 0.128 e. The predicted octanol–water partition coefficient (Wildman–Crippen LogP) is 1.91. The summed E-state index contributed by atoms with van der Waals surface area (Å²) in [5.74, 6) is 1.93. The molecule has 3 nitrogen and oxygen atoms in total. The molecule has 2 rings (SSSR count). The van der Waals surface area contributed by atoms with Crippen LogP contribution in [-0.4, -0.2) is 31.2 Å². The van der Waals surface area contributed by atoms with Crippen molar-refractivity contribution >= 4 is 5.82 Å². The summed E-state index contributed by atoms with van der Waals surface area (Å²) in [6.45, 7) is 4.54. The summed E-state index contributed by atoms with van der Waals surface area (Å²) < 4.78 is 0. The molecule has 0 radical (unpaired) electrons. The fraction of sp³-hybridized carbons (Fsp3) is 0.615. The van der Waals surface area contributed by atoms with Gasteiger partial charge in [-0.25, -0.2) is 4.98 Å². The summed E-state index contributed by atoms with van der Waals surface area (Å²) >= 11 is 0. The van der Waals surface area contributed by atoms with Crippen LogP contribution in [0, 0.1) is 5.92 Å². The Morgan fingerprint density at radius 1 is 1.38 bits per heavy atom. The van der Waals surface area contributed by atoms with Crippen molar-refractivity contribution in [3.8, 4) is 0 Å². The van der Waals surface area contributed by atoms with E-state index in [1.807, 2.05) is 12.3 Å².